The molecule has 1 heterocycles. The van der Waals surface area contributed by atoms with E-state index in [1.54, 1.807) is 6.07 Å². The number of carbonyl (C=O) groups excluding carboxylic acids is 1. The number of nitrogens with two attached hydrogens (primary N) is 1. The molecule has 1 aliphatic carbocycles. The summed E-state index contributed by atoms with van der Waals surface area (Å²) in [6.45, 7) is 0.0756. The highest BCUT2D eigenvalue weighted by molar-refractivity contribution is 5.90. The van der Waals surface area contributed by atoms with Crippen LogP contribution in [0.1, 0.15) is 29.8 Å². The van der Waals surface area contributed by atoms with Crippen molar-refractivity contribution in [3.63, 3.8) is 0 Å². The van der Waals surface area contributed by atoms with Crippen molar-refractivity contribution in [1.29, 1.82) is 0 Å². The smallest absolute Gasteiger partial charge is 0.269 e. The van der Waals surface area contributed by atoms with E-state index in [1.807, 2.05) is 0 Å². The van der Waals surface area contributed by atoms with E-state index in [4.69, 9.17) is 5.73 Å². The maximum atomic E-state index is 10.8. The van der Waals surface area contributed by atoms with Gasteiger partial charge in [-0.3, -0.25) is 4.79 Å². The van der Waals surface area contributed by atoms with Gasteiger partial charge in [0.2, 0.25) is 0 Å². The lowest BCUT2D eigenvalue weighted by molar-refractivity contribution is 0.0994. The quantitative estimate of drug-likeness (QED) is 0.660. The summed E-state index contributed by atoms with van der Waals surface area (Å²) >= 11 is 0. The molecule has 6 nitrogen and oxygen atoms in total. The number of nitrogens with zero attached hydrogens (tertiary/aromatic N) is 2. The van der Waals surface area contributed by atoms with Gasteiger partial charge in [-0.25, -0.2) is 0 Å². The molecule has 16 heavy (non-hydrogen) atoms. The van der Waals surface area contributed by atoms with Crippen molar-refractivity contribution < 1.29 is 9.90 Å². The summed E-state index contributed by atoms with van der Waals surface area (Å²) in [4.78, 5) is 10.8. The third-order valence-corrected chi connectivity index (χ3v) is 2.92. The van der Waals surface area contributed by atoms with Gasteiger partial charge in [0, 0.05) is 0 Å². The number of aliphatic hydroxyl groups is 1. The molecule has 4 N–H and O–H groups in total. The Morgan fingerprint density at radius 3 is 2.62 bits per heavy atom. The van der Waals surface area contributed by atoms with Gasteiger partial charge >= 0.3 is 0 Å². The second-order valence-corrected chi connectivity index (χ2v) is 4.09. The first kappa shape index (κ1) is 10.8. The number of primary amides is 1. The summed E-state index contributed by atoms with van der Waals surface area (Å²) in [5.41, 5.74) is 4.93. The molecule has 1 saturated carbocycles. The number of hydrogen-bond acceptors (Lipinski definition) is 5. The molecule has 0 radical (unpaired) electrons. The summed E-state index contributed by atoms with van der Waals surface area (Å²) in [5.74, 6) is -0.0432. The first-order valence-corrected chi connectivity index (χ1v) is 5.18. The predicted octanol–water partition coefficient (Wildman–Crippen LogP) is -0.0976. The minimum atomic E-state index is -0.598. The zero-order valence-corrected chi connectivity index (χ0v) is 8.81. The zero-order valence-electron chi connectivity index (χ0n) is 8.81. The summed E-state index contributed by atoms with van der Waals surface area (Å²) in [6, 6.07) is 3.16. The highest BCUT2D eigenvalue weighted by Crippen LogP contribution is 2.34. The van der Waals surface area contributed by atoms with Crippen LogP contribution in [0.4, 0.5) is 5.82 Å². The Labute approximate surface area is 92.9 Å². The van der Waals surface area contributed by atoms with Gasteiger partial charge in [0.1, 0.15) is 5.82 Å². The largest absolute Gasteiger partial charge is 0.394 e. The third-order valence-electron chi connectivity index (χ3n) is 2.92. The molecule has 6 heteroatoms. The SMILES string of the molecule is NC(=O)c1ccc(NC2(CO)CCC2)nn1. The molecule has 0 aliphatic heterocycles. The summed E-state index contributed by atoms with van der Waals surface area (Å²) in [6.07, 6.45) is 2.94. The molecule has 1 aromatic rings. The average Bonchev–Trinajstić information content (AvgIpc) is 2.24. The van der Waals surface area contributed by atoms with Gasteiger partial charge in [0.15, 0.2) is 5.69 Å². The van der Waals surface area contributed by atoms with Crippen LogP contribution in [-0.2, 0) is 0 Å². The van der Waals surface area contributed by atoms with Crippen LogP contribution in [0.3, 0.4) is 0 Å². The average molecular weight is 222 g/mol. The van der Waals surface area contributed by atoms with Crippen LogP contribution in [0.15, 0.2) is 12.1 Å². The summed E-state index contributed by atoms with van der Waals surface area (Å²) < 4.78 is 0. The van der Waals surface area contributed by atoms with E-state index < -0.39 is 5.91 Å². The van der Waals surface area contributed by atoms with Crippen LogP contribution in [0.2, 0.25) is 0 Å². The molecule has 1 fully saturated rings. The molecule has 0 saturated heterocycles. The maximum Gasteiger partial charge on any atom is 0.269 e. The lowest BCUT2D eigenvalue weighted by Gasteiger charge is -2.41. The highest BCUT2D eigenvalue weighted by atomic mass is 16.3. The van der Waals surface area contributed by atoms with Gasteiger partial charge in [-0.2, -0.15) is 0 Å². The van der Waals surface area contributed by atoms with Crippen molar-refractivity contribution in [2.45, 2.75) is 24.8 Å². The zero-order chi connectivity index (χ0) is 11.6. The van der Waals surface area contributed by atoms with E-state index in [2.05, 4.69) is 15.5 Å². The van der Waals surface area contributed by atoms with Gasteiger partial charge in [-0.05, 0) is 31.4 Å². The van der Waals surface area contributed by atoms with E-state index in [1.165, 1.54) is 6.07 Å². The summed E-state index contributed by atoms with van der Waals surface area (Å²) in [7, 11) is 0. The molecule has 0 aromatic carbocycles. The Balaban J connectivity index is 2.07. The molecule has 0 spiro atoms. The number of amides is 1. The van der Waals surface area contributed by atoms with Gasteiger partial charge in [-0.1, -0.05) is 0 Å². The second-order valence-electron chi connectivity index (χ2n) is 4.09. The number of carbonyl (C=O) groups is 1. The molecule has 0 unspecified atom stereocenters. The molecule has 0 atom stereocenters. The van der Waals surface area contributed by atoms with Gasteiger partial charge < -0.3 is 16.2 Å². The molecule has 1 aliphatic rings. The number of hydrogen-bond donors (Lipinski definition) is 3. The van der Waals surface area contributed by atoms with Crippen LogP contribution >= 0.6 is 0 Å². The number of anilines is 1. The van der Waals surface area contributed by atoms with E-state index in [0.29, 0.717) is 5.82 Å². The maximum absolute atomic E-state index is 10.8. The number of aromatic nitrogens is 2. The number of rotatable bonds is 4. The monoisotopic (exact) mass is 222 g/mol. The fourth-order valence-corrected chi connectivity index (χ4v) is 1.73. The molecule has 86 valence electrons. The number of aliphatic hydroxyl groups excluding tert-OH is 1. The van der Waals surface area contributed by atoms with E-state index in [-0.39, 0.29) is 17.8 Å². The standard InChI is InChI=1S/C10H14N4O2/c11-9(16)7-2-3-8(14-13-7)12-10(6-15)4-1-5-10/h2-3,15H,1,4-6H2,(H2,11,16)(H,12,14). The molecule has 1 aromatic heterocycles. The topological polar surface area (TPSA) is 101 Å². The van der Waals surface area contributed by atoms with Crippen molar-refractivity contribution in [3.8, 4) is 0 Å². The van der Waals surface area contributed by atoms with E-state index in [0.717, 1.165) is 19.3 Å². The van der Waals surface area contributed by atoms with Crippen LogP contribution in [-0.4, -0.2) is 33.4 Å². The Kier molecular flexibility index (Phi) is 2.74. The van der Waals surface area contributed by atoms with Crippen molar-refractivity contribution in [3.05, 3.63) is 17.8 Å². The molecule has 0 bridgehead atoms. The highest BCUT2D eigenvalue weighted by Gasteiger charge is 2.36. The Morgan fingerprint density at radius 2 is 2.25 bits per heavy atom. The minimum absolute atomic E-state index is 0.0756. The van der Waals surface area contributed by atoms with E-state index >= 15 is 0 Å². The number of nitrogens with one attached hydrogen (secondary N) is 1. The summed E-state index contributed by atoms with van der Waals surface area (Å²) in [5, 5.41) is 19.9. The molecular formula is C10H14N4O2. The van der Waals surface area contributed by atoms with Crippen molar-refractivity contribution >= 4 is 11.7 Å². The van der Waals surface area contributed by atoms with Gasteiger partial charge in [-0.15, -0.1) is 10.2 Å². The second kappa shape index (κ2) is 4.05. The first-order chi connectivity index (χ1) is 7.65. The normalized spacial score (nSPS) is 17.6. The predicted molar refractivity (Wildman–Crippen MR) is 57.8 cm³/mol. The van der Waals surface area contributed by atoms with E-state index in [9.17, 15) is 9.90 Å². The van der Waals surface area contributed by atoms with Crippen LogP contribution in [0.25, 0.3) is 0 Å². The van der Waals surface area contributed by atoms with Crippen LogP contribution < -0.4 is 11.1 Å². The van der Waals surface area contributed by atoms with Gasteiger partial charge in [0.05, 0.1) is 12.1 Å². The van der Waals surface area contributed by atoms with Crippen molar-refractivity contribution in [1.82, 2.24) is 10.2 Å². The Hall–Kier alpha value is -1.69. The lowest BCUT2D eigenvalue weighted by atomic mass is 9.77. The minimum Gasteiger partial charge on any atom is -0.394 e. The van der Waals surface area contributed by atoms with Gasteiger partial charge in [0.25, 0.3) is 5.91 Å². The third kappa shape index (κ3) is 1.96. The Bertz CT molecular complexity index is 381. The van der Waals surface area contributed by atoms with Crippen LogP contribution in [0, 0.1) is 0 Å². The lowest BCUT2D eigenvalue weighted by Crippen LogP contribution is -2.48. The first-order valence-electron chi connectivity index (χ1n) is 5.18. The molecule has 2 rings (SSSR count). The fraction of sp³-hybridized carbons (Fsp3) is 0.500. The fourth-order valence-electron chi connectivity index (χ4n) is 1.73. The molecule has 1 amide bonds. The van der Waals surface area contributed by atoms with Crippen LogP contribution in [0.5, 0.6) is 0 Å². The molecular weight excluding hydrogens is 208 g/mol. The Morgan fingerprint density at radius 1 is 1.50 bits per heavy atom. The van der Waals surface area contributed by atoms with Crippen molar-refractivity contribution in [2.24, 2.45) is 5.73 Å². The van der Waals surface area contributed by atoms with Crippen molar-refractivity contribution in [2.75, 3.05) is 11.9 Å².